The lowest BCUT2D eigenvalue weighted by atomic mass is 10.2. The molecule has 2 heterocycles. The molecule has 0 saturated heterocycles. The largest absolute Gasteiger partial charge is 0.422 e. The summed E-state index contributed by atoms with van der Waals surface area (Å²) in [5.74, 6) is 0.0143. The Bertz CT molecular complexity index is 549. The van der Waals surface area contributed by atoms with Gasteiger partial charge in [0.15, 0.2) is 5.82 Å². The van der Waals surface area contributed by atoms with Gasteiger partial charge in [-0.2, -0.15) is 13.2 Å². The van der Waals surface area contributed by atoms with E-state index in [0.29, 0.717) is 5.56 Å². The predicted octanol–water partition coefficient (Wildman–Crippen LogP) is 3.86. The van der Waals surface area contributed by atoms with Gasteiger partial charge >= 0.3 is 6.18 Å². The number of hydrogen-bond acceptors (Lipinski definition) is 3. The third-order valence-electron chi connectivity index (χ3n) is 2.04. The maximum absolute atomic E-state index is 12.6. The standard InChI is InChI=1S/C10H4Cl2F3N3/c11-7-6(10(13,14)15)8(12)18-9(17-7)5-1-3-16-4-2-5/h1-4H. The van der Waals surface area contributed by atoms with Crippen LogP contribution in [0.4, 0.5) is 13.2 Å². The van der Waals surface area contributed by atoms with Crippen LogP contribution in [0, 0.1) is 0 Å². The minimum atomic E-state index is -4.69. The van der Waals surface area contributed by atoms with Crippen molar-refractivity contribution in [2.75, 3.05) is 0 Å². The topological polar surface area (TPSA) is 38.7 Å². The van der Waals surface area contributed by atoms with Crippen molar-refractivity contribution in [1.29, 1.82) is 0 Å². The second-order valence-corrected chi connectivity index (χ2v) is 3.95. The zero-order valence-corrected chi connectivity index (χ0v) is 10.1. The maximum atomic E-state index is 12.6. The SMILES string of the molecule is FC(F)(F)c1c(Cl)nc(-c2ccncc2)nc1Cl. The molecular weight excluding hydrogens is 290 g/mol. The van der Waals surface area contributed by atoms with Gasteiger partial charge in [-0.3, -0.25) is 4.98 Å². The Balaban J connectivity index is 2.57. The van der Waals surface area contributed by atoms with E-state index in [4.69, 9.17) is 23.2 Å². The Hall–Kier alpha value is -1.40. The lowest BCUT2D eigenvalue weighted by molar-refractivity contribution is -0.137. The molecule has 3 nitrogen and oxygen atoms in total. The van der Waals surface area contributed by atoms with E-state index in [1.807, 2.05) is 0 Å². The van der Waals surface area contributed by atoms with Crippen LogP contribution in [-0.2, 0) is 6.18 Å². The van der Waals surface area contributed by atoms with Gasteiger partial charge in [-0.15, -0.1) is 0 Å². The van der Waals surface area contributed by atoms with Crippen LogP contribution in [0.2, 0.25) is 10.3 Å². The zero-order valence-electron chi connectivity index (χ0n) is 8.54. The minimum absolute atomic E-state index is 0.0143. The number of halogens is 5. The first-order valence-electron chi connectivity index (χ1n) is 4.60. The summed E-state index contributed by atoms with van der Waals surface area (Å²) in [4.78, 5) is 11.0. The normalized spacial score (nSPS) is 11.6. The summed E-state index contributed by atoms with van der Waals surface area (Å²) >= 11 is 11.0. The molecule has 18 heavy (non-hydrogen) atoms. The molecule has 0 aliphatic heterocycles. The van der Waals surface area contributed by atoms with Gasteiger partial charge in [0.1, 0.15) is 15.9 Å². The average Bonchev–Trinajstić information content (AvgIpc) is 2.27. The molecule has 2 aromatic rings. The molecule has 0 aromatic carbocycles. The molecule has 0 bridgehead atoms. The molecule has 0 aliphatic rings. The van der Waals surface area contributed by atoms with Gasteiger partial charge in [-0.25, -0.2) is 9.97 Å². The molecule has 0 N–H and O–H groups in total. The summed E-state index contributed by atoms with van der Waals surface area (Å²) in [6.45, 7) is 0. The molecule has 8 heteroatoms. The molecule has 2 aromatic heterocycles. The molecule has 0 aliphatic carbocycles. The third kappa shape index (κ3) is 2.54. The summed E-state index contributed by atoms with van der Waals surface area (Å²) in [5, 5.41) is -1.45. The molecule has 0 spiro atoms. The van der Waals surface area contributed by atoms with Crippen LogP contribution in [-0.4, -0.2) is 15.0 Å². The van der Waals surface area contributed by atoms with Crippen LogP contribution in [0.25, 0.3) is 11.4 Å². The smallest absolute Gasteiger partial charge is 0.265 e. The fourth-order valence-corrected chi connectivity index (χ4v) is 1.87. The zero-order chi connectivity index (χ0) is 13.3. The van der Waals surface area contributed by atoms with Crippen LogP contribution < -0.4 is 0 Å². The Kier molecular flexibility index (Phi) is 3.41. The highest BCUT2D eigenvalue weighted by Crippen LogP contribution is 2.38. The van der Waals surface area contributed by atoms with Crippen molar-refractivity contribution >= 4 is 23.2 Å². The number of hydrogen-bond donors (Lipinski definition) is 0. The van der Waals surface area contributed by atoms with Gasteiger partial charge in [0.2, 0.25) is 0 Å². The summed E-state index contributed by atoms with van der Waals surface area (Å²) in [5.41, 5.74) is -0.758. The van der Waals surface area contributed by atoms with E-state index in [9.17, 15) is 13.2 Å². The highest BCUT2D eigenvalue weighted by molar-refractivity contribution is 6.34. The van der Waals surface area contributed by atoms with Gasteiger partial charge in [-0.1, -0.05) is 23.2 Å². The van der Waals surface area contributed by atoms with Crippen LogP contribution in [0.1, 0.15) is 5.56 Å². The number of nitrogens with zero attached hydrogens (tertiary/aromatic N) is 3. The van der Waals surface area contributed by atoms with Crippen molar-refractivity contribution in [3.05, 3.63) is 40.4 Å². The monoisotopic (exact) mass is 293 g/mol. The van der Waals surface area contributed by atoms with Gasteiger partial charge in [0, 0.05) is 18.0 Å². The summed E-state index contributed by atoms with van der Waals surface area (Å²) in [7, 11) is 0. The molecule has 94 valence electrons. The van der Waals surface area contributed by atoms with Crippen molar-refractivity contribution < 1.29 is 13.2 Å². The molecule has 0 amide bonds. The van der Waals surface area contributed by atoms with E-state index in [-0.39, 0.29) is 5.82 Å². The minimum Gasteiger partial charge on any atom is -0.265 e. The first-order chi connectivity index (χ1) is 8.39. The third-order valence-corrected chi connectivity index (χ3v) is 2.59. The highest BCUT2D eigenvalue weighted by Gasteiger charge is 2.38. The van der Waals surface area contributed by atoms with Crippen LogP contribution in [0.5, 0.6) is 0 Å². The first-order valence-corrected chi connectivity index (χ1v) is 5.36. The average molecular weight is 294 g/mol. The van der Waals surface area contributed by atoms with Crippen LogP contribution in [0.3, 0.4) is 0 Å². The lowest BCUT2D eigenvalue weighted by Crippen LogP contribution is -2.10. The highest BCUT2D eigenvalue weighted by atomic mass is 35.5. The number of aromatic nitrogens is 3. The number of pyridine rings is 1. The molecule has 2 rings (SSSR count). The Morgan fingerprint density at radius 1 is 0.944 bits per heavy atom. The molecule has 0 radical (unpaired) electrons. The van der Waals surface area contributed by atoms with E-state index < -0.39 is 22.0 Å². The lowest BCUT2D eigenvalue weighted by Gasteiger charge is -2.10. The van der Waals surface area contributed by atoms with Gasteiger partial charge in [0.05, 0.1) is 0 Å². The fraction of sp³-hybridized carbons (Fsp3) is 0.100. The van der Waals surface area contributed by atoms with E-state index >= 15 is 0 Å². The summed E-state index contributed by atoms with van der Waals surface area (Å²) in [6.07, 6.45) is -1.78. The maximum Gasteiger partial charge on any atom is 0.422 e. The first kappa shape index (κ1) is 13.0. The Morgan fingerprint density at radius 3 is 1.89 bits per heavy atom. The Labute approximate surface area is 110 Å². The number of rotatable bonds is 1. The molecule has 0 atom stereocenters. The van der Waals surface area contributed by atoms with E-state index in [1.165, 1.54) is 24.5 Å². The molecule has 0 saturated carbocycles. The van der Waals surface area contributed by atoms with Crippen molar-refractivity contribution in [3.63, 3.8) is 0 Å². The van der Waals surface area contributed by atoms with Crippen LogP contribution >= 0.6 is 23.2 Å². The van der Waals surface area contributed by atoms with Gasteiger partial charge in [-0.05, 0) is 12.1 Å². The quantitative estimate of drug-likeness (QED) is 0.749. The van der Waals surface area contributed by atoms with E-state index in [0.717, 1.165) is 0 Å². The second-order valence-electron chi connectivity index (χ2n) is 3.24. The van der Waals surface area contributed by atoms with Gasteiger partial charge < -0.3 is 0 Å². The summed E-state index contributed by atoms with van der Waals surface area (Å²) in [6, 6.07) is 3.07. The van der Waals surface area contributed by atoms with Crippen molar-refractivity contribution in [1.82, 2.24) is 15.0 Å². The molecular formula is C10H4Cl2F3N3. The predicted molar refractivity (Wildman–Crippen MR) is 60.3 cm³/mol. The second kappa shape index (κ2) is 4.70. The van der Waals surface area contributed by atoms with Crippen molar-refractivity contribution in [2.45, 2.75) is 6.18 Å². The van der Waals surface area contributed by atoms with Crippen molar-refractivity contribution in [2.24, 2.45) is 0 Å². The Morgan fingerprint density at radius 2 is 1.44 bits per heavy atom. The van der Waals surface area contributed by atoms with Gasteiger partial charge in [0.25, 0.3) is 0 Å². The molecule has 0 unspecified atom stereocenters. The van der Waals surface area contributed by atoms with Crippen LogP contribution in [0.15, 0.2) is 24.5 Å². The fourth-order valence-electron chi connectivity index (χ4n) is 1.27. The van der Waals surface area contributed by atoms with Crippen molar-refractivity contribution in [3.8, 4) is 11.4 Å². The molecule has 0 fully saturated rings. The summed E-state index contributed by atoms with van der Waals surface area (Å²) < 4.78 is 37.8. The van der Waals surface area contributed by atoms with E-state index in [2.05, 4.69) is 15.0 Å². The van der Waals surface area contributed by atoms with E-state index in [1.54, 1.807) is 0 Å². The number of alkyl halides is 3.